The second-order valence-corrected chi connectivity index (χ2v) is 6.15. The predicted octanol–water partition coefficient (Wildman–Crippen LogP) is 4.03. The lowest BCUT2D eigenvalue weighted by Crippen LogP contribution is -2.40. The minimum Gasteiger partial charge on any atom is -0.318 e. The van der Waals surface area contributed by atoms with Crippen LogP contribution in [0.25, 0.3) is 0 Å². The number of carbonyl (C=O) groups excluding carboxylic acids is 2. The summed E-state index contributed by atoms with van der Waals surface area (Å²) < 4.78 is 0. The van der Waals surface area contributed by atoms with Gasteiger partial charge in [0.2, 0.25) is 5.12 Å². The van der Waals surface area contributed by atoms with Gasteiger partial charge in [-0.1, -0.05) is 57.7 Å². The average molecular weight is 325 g/mol. The molecular weight excluding hydrogens is 302 g/mol. The van der Waals surface area contributed by atoms with Gasteiger partial charge < -0.3 is 4.90 Å². The Labute approximate surface area is 135 Å². The van der Waals surface area contributed by atoms with E-state index in [9.17, 15) is 9.59 Å². The predicted molar refractivity (Wildman–Crippen MR) is 92.7 cm³/mol. The second-order valence-electron chi connectivity index (χ2n) is 3.99. The average Bonchev–Trinajstić information content (AvgIpc) is 3.04. The normalized spacial score (nSPS) is 20.0. The Morgan fingerprint density at radius 1 is 1.10 bits per heavy atom. The van der Waals surface area contributed by atoms with Crippen molar-refractivity contribution < 1.29 is 9.59 Å². The lowest BCUT2D eigenvalue weighted by molar-refractivity contribution is -0.112. The molecule has 1 saturated heterocycles. The van der Waals surface area contributed by atoms with Crippen molar-refractivity contribution in [1.29, 1.82) is 0 Å². The maximum Gasteiger partial charge on any atom is 0.255 e. The van der Waals surface area contributed by atoms with Gasteiger partial charge in [-0.25, -0.2) is 0 Å². The molecule has 5 heteroatoms. The minimum atomic E-state index is -0.277. The van der Waals surface area contributed by atoms with Crippen LogP contribution in [0.5, 0.6) is 0 Å². The van der Waals surface area contributed by atoms with E-state index < -0.39 is 0 Å². The van der Waals surface area contributed by atoms with Gasteiger partial charge in [-0.3, -0.25) is 9.59 Å². The van der Waals surface area contributed by atoms with Crippen molar-refractivity contribution in [3.63, 3.8) is 0 Å². The summed E-state index contributed by atoms with van der Waals surface area (Å²) in [6.07, 6.45) is 0. The largest absolute Gasteiger partial charge is 0.318 e. The zero-order valence-corrected chi connectivity index (χ0v) is 14.7. The van der Waals surface area contributed by atoms with Gasteiger partial charge in [-0.15, -0.1) is 11.8 Å². The van der Waals surface area contributed by atoms with Crippen LogP contribution < -0.4 is 0 Å². The van der Waals surface area contributed by atoms with Crippen LogP contribution in [0.4, 0.5) is 0 Å². The summed E-state index contributed by atoms with van der Waals surface area (Å²) in [6.45, 7) is 8.68. The molecule has 1 unspecified atom stereocenters. The van der Waals surface area contributed by atoms with Gasteiger partial charge in [0.15, 0.2) is 0 Å². The molecular formula is C16H23NO2S2. The molecule has 3 rings (SSSR count). The van der Waals surface area contributed by atoms with Crippen LogP contribution in [0.3, 0.4) is 0 Å². The number of rotatable bonds is 0. The van der Waals surface area contributed by atoms with Crippen LogP contribution in [0.15, 0.2) is 24.3 Å². The van der Waals surface area contributed by atoms with Gasteiger partial charge in [-0.05, 0) is 11.6 Å². The molecule has 2 aliphatic heterocycles. The van der Waals surface area contributed by atoms with E-state index in [2.05, 4.69) is 0 Å². The van der Waals surface area contributed by atoms with E-state index in [-0.39, 0.29) is 16.4 Å². The first-order valence-electron chi connectivity index (χ1n) is 7.44. The van der Waals surface area contributed by atoms with E-state index >= 15 is 0 Å². The zero-order chi connectivity index (χ0) is 15.8. The second kappa shape index (κ2) is 9.15. The maximum absolute atomic E-state index is 12.4. The maximum atomic E-state index is 12.4. The summed E-state index contributed by atoms with van der Waals surface area (Å²) in [5, 5.41) is -0.170. The first kappa shape index (κ1) is 18.1. The quantitative estimate of drug-likeness (QED) is 0.722. The summed E-state index contributed by atoms with van der Waals surface area (Å²) >= 11 is 2.89. The van der Waals surface area contributed by atoms with Crippen LogP contribution in [0, 0.1) is 0 Å². The van der Waals surface area contributed by atoms with E-state index in [1.54, 1.807) is 16.7 Å². The molecule has 1 aromatic rings. The van der Waals surface area contributed by atoms with Crippen molar-refractivity contribution in [2.24, 2.45) is 0 Å². The van der Waals surface area contributed by atoms with Gasteiger partial charge in [0.25, 0.3) is 5.91 Å². The molecule has 1 fully saturated rings. The molecule has 0 radical (unpaired) electrons. The molecule has 2 heterocycles. The molecule has 0 saturated carbocycles. The van der Waals surface area contributed by atoms with Crippen molar-refractivity contribution >= 4 is 34.5 Å². The zero-order valence-electron chi connectivity index (χ0n) is 13.1. The van der Waals surface area contributed by atoms with E-state index in [1.165, 1.54) is 11.8 Å². The summed E-state index contributed by atoms with van der Waals surface area (Å²) in [7, 11) is 0. The fourth-order valence-electron chi connectivity index (χ4n) is 2.10. The third-order valence-corrected chi connectivity index (χ3v) is 5.29. The van der Waals surface area contributed by atoms with Crippen LogP contribution in [-0.2, 0) is 10.5 Å². The van der Waals surface area contributed by atoms with Crippen molar-refractivity contribution in [2.75, 3.05) is 12.3 Å². The highest BCUT2D eigenvalue weighted by Gasteiger charge is 2.37. The Morgan fingerprint density at radius 3 is 2.48 bits per heavy atom. The van der Waals surface area contributed by atoms with Crippen LogP contribution in [0.1, 0.15) is 43.6 Å². The van der Waals surface area contributed by atoms with E-state index in [4.69, 9.17) is 0 Å². The molecule has 0 spiro atoms. The lowest BCUT2D eigenvalue weighted by Gasteiger charge is -2.25. The lowest BCUT2D eigenvalue weighted by atomic mass is 10.1. The van der Waals surface area contributed by atoms with Gasteiger partial charge in [0.05, 0.1) is 0 Å². The molecule has 0 bridgehead atoms. The van der Waals surface area contributed by atoms with Crippen molar-refractivity contribution in [3.8, 4) is 0 Å². The highest BCUT2D eigenvalue weighted by Crippen LogP contribution is 2.33. The molecule has 1 atom stereocenters. The molecule has 0 aromatic heterocycles. The Bertz CT molecular complexity index is 491. The van der Waals surface area contributed by atoms with Gasteiger partial charge in [-0.2, -0.15) is 0 Å². The minimum absolute atomic E-state index is 0.00394. The van der Waals surface area contributed by atoms with Gasteiger partial charge in [0.1, 0.15) is 5.37 Å². The Kier molecular flexibility index (Phi) is 7.89. The number of fused-ring (bicyclic) bond motifs is 2. The number of thioether (sulfide) groups is 2. The fraction of sp³-hybridized carbons (Fsp3) is 0.500. The molecule has 1 amide bonds. The molecule has 3 nitrogen and oxygen atoms in total. The van der Waals surface area contributed by atoms with Gasteiger partial charge in [0, 0.05) is 23.6 Å². The summed E-state index contributed by atoms with van der Waals surface area (Å²) in [6, 6.07) is 7.57. The smallest absolute Gasteiger partial charge is 0.255 e. The number of amides is 1. The highest BCUT2D eigenvalue weighted by atomic mass is 32.2. The van der Waals surface area contributed by atoms with E-state index in [1.807, 2.05) is 52.0 Å². The van der Waals surface area contributed by atoms with Crippen LogP contribution >= 0.6 is 23.5 Å². The molecule has 116 valence electrons. The van der Waals surface area contributed by atoms with Crippen molar-refractivity contribution in [2.45, 2.75) is 38.8 Å². The Hall–Kier alpha value is -0.940. The molecule has 1 aromatic carbocycles. The number of hydrogen-bond donors (Lipinski definition) is 0. The number of benzene rings is 1. The molecule has 21 heavy (non-hydrogen) atoms. The molecule has 0 N–H and O–H groups in total. The third kappa shape index (κ3) is 4.04. The van der Waals surface area contributed by atoms with Crippen molar-refractivity contribution in [1.82, 2.24) is 4.90 Å². The molecule has 0 aliphatic carbocycles. The highest BCUT2D eigenvalue weighted by molar-refractivity contribution is 8.15. The van der Waals surface area contributed by atoms with Crippen LogP contribution in [0.2, 0.25) is 0 Å². The molecule has 2 aliphatic rings. The van der Waals surface area contributed by atoms with E-state index in [0.29, 0.717) is 12.3 Å². The monoisotopic (exact) mass is 325 g/mol. The summed E-state index contributed by atoms with van der Waals surface area (Å²) in [5.74, 6) is 1.46. The third-order valence-electron chi connectivity index (χ3n) is 2.97. The van der Waals surface area contributed by atoms with Crippen LogP contribution in [-0.4, -0.2) is 33.6 Å². The SMILES string of the molecule is CC.CC.O=C1SCc2ccccc2C(=O)N2CCSC12. The standard InChI is InChI=1S/C12H11NO2S2.2C2H6/c14-10-9-4-2-1-3-8(9)7-17-12(15)11-13(10)5-6-16-11;2*1-2/h1-4,11H,5-7H2;2*1-2H3. The van der Waals surface area contributed by atoms with Crippen molar-refractivity contribution in [3.05, 3.63) is 35.4 Å². The topological polar surface area (TPSA) is 37.4 Å². The Balaban J connectivity index is 0.000000510. The number of hydrogen-bond acceptors (Lipinski definition) is 4. The first-order valence-corrected chi connectivity index (χ1v) is 9.48. The summed E-state index contributed by atoms with van der Waals surface area (Å²) in [5.41, 5.74) is 1.71. The van der Waals surface area contributed by atoms with Gasteiger partial charge >= 0.3 is 0 Å². The first-order chi connectivity index (χ1) is 10.3. The Morgan fingerprint density at radius 2 is 1.76 bits per heavy atom. The van der Waals surface area contributed by atoms with E-state index in [0.717, 1.165) is 16.9 Å². The number of nitrogens with zero attached hydrogens (tertiary/aromatic N) is 1. The fourth-order valence-corrected chi connectivity index (χ4v) is 4.37. The number of carbonyl (C=O) groups is 2. The summed E-state index contributed by atoms with van der Waals surface area (Å²) in [4.78, 5) is 26.0.